The van der Waals surface area contributed by atoms with Crippen LogP contribution in [-0.4, -0.2) is 17.9 Å². The third-order valence-electron chi connectivity index (χ3n) is 2.49. The number of rotatable bonds is 2. The standard InChI is InChI=1S/C12H11F2NO2/c1-6(2)10-12(16)17-11(15-10)8-4-3-7(13)5-9(8)14/h3-6,10H,1-2H3. The fourth-order valence-electron chi connectivity index (χ4n) is 1.57. The number of esters is 1. The van der Waals surface area contributed by atoms with Crippen molar-refractivity contribution in [2.24, 2.45) is 10.9 Å². The number of ether oxygens (including phenoxy) is 1. The van der Waals surface area contributed by atoms with Gasteiger partial charge < -0.3 is 4.74 Å². The first-order valence-corrected chi connectivity index (χ1v) is 5.24. The Morgan fingerprint density at radius 3 is 2.59 bits per heavy atom. The first kappa shape index (κ1) is 11.7. The predicted molar refractivity (Wildman–Crippen MR) is 57.6 cm³/mol. The van der Waals surface area contributed by atoms with Gasteiger partial charge in [0.2, 0.25) is 5.90 Å². The van der Waals surface area contributed by atoms with Gasteiger partial charge in [-0.15, -0.1) is 0 Å². The van der Waals surface area contributed by atoms with Crippen LogP contribution in [-0.2, 0) is 9.53 Å². The minimum Gasteiger partial charge on any atom is -0.405 e. The number of cyclic esters (lactones) is 1. The van der Waals surface area contributed by atoms with Gasteiger partial charge in [-0.05, 0) is 18.1 Å². The number of hydrogen-bond acceptors (Lipinski definition) is 3. The van der Waals surface area contributed by atoms with Gasteiger partial charge >= 0.3 is 5.97 Å². The second-order valence-corrected chi connectivity index (χ2v) is 4.17. The van der Waals surface area contributed by atoms with Crippen molar-refractivity contribution in [2.45, 2.75) is 19.9 Å². The van der Waals surface area contributed by atoms with Crippen molar-refractivity contribution in [3.05, 3.63) is 35.4 Å². The zero-order chi connectivity index (χ0) is 12.6. The quantitative estimate of drug-likeness (QED) is 0.743. The second kappa shape index (κ2) is 4.24. The molecular weight excluding hydrogens is 228 g/mol. The molecule has 0 saturated carbocycles. The highest BCUT2D eigenvalue weighted by atomic mass is 19.1. The summed E-state index contributed by atoms with van der Waals surface area (Å²) in [6.07, 6.45) is 0. The maximum Gasteiger partial charge on any atom is 0.338 e. The molecule has 1 unspecified atom stereocenters. The summed E-state index contributed by atoms with van der Waals surface area (Å²) >= 11 is 0. The summed E-state index contributed by atoms with van der Waals surface area (Å²) in [6.45, 7) is 3.64. The van der Waals surface area contributed by atoms with Gasteiger partial charge in [-0.2, -0.15) is 0 Å². The van der Waals surface area contributed by atoms with E-state index in [1.54, 1.807) is 0 Å². The summed E-state index contributed by atoms with van der Waals surface area (Å²) in [5, 5.41) is 0. The van der Waals surface area contributed by atoms with E-state index in [0.29, 0.717) is 0 Å². The molecule has 1 atom stereocenters. The smallest absolute Gasteiger partial charge is 0.338 e. The molecule has 0 radical (unpaired) electrons. The molecular formula is C12H11F2NO2. The average Bonchev–Trinajstić information content (AvgIpc) is 2.60. The van der Waals surface area contributed by atoms with E-state index in [9.17, 15) is 13.6 Å². The monoisotopic (exact) mass is 239 g/mol. The number of carbonyl (C=O) groups excluding carboxylic acids is 1. The summed E-state index contributed by atoms with van der Waals surface area (Å²) in [5.41, 5.74) is 0.00269. The summed E-state index contributed by atoms with van der Waals surface area (Å²) < 4.78 is 31.1. The van der Waals surface area contributed by atoms with Gasteiger partial charge in [0.25, 0.3) is 0 Å². The Hall–Kier alpha value is -1.78. The maximum atomic E-state index is 13.4. The Bertz CT molecular complexity index is 497. The number of halogens is 2. The third-order valence-corrected chi connectivity index (χ3v) is 2.49. The zero-order valence-electron chi connectivity index (χ0n) is 9.41. The lowest BCUT2D eigenvalue weighted by molar-refractivity contribution is -0.135. The van der Waals surface area contributed by atoms with E-state index in [1.165, 1.54) is 6.07 Å². The highest BCUT2D eigenvalue weighted by Gasteiger charge is 2.33. The lowest BCUT2D eigenvalue weighted by Gasteiger charge is -2.04. The van der Waals surface area contributed by atoms with Crippen molar-refractivity contribution < 1.29 is 18.3 Å². The summed E-state index contributed by atoms with van der Waals surface area (Å²) in [6, 6.07) is 2.42. The van der Waals surface area contributed by atoms with Crippen LogP contribution < -0.4 is 0 Å². The van der Waals surface area contributed by atoms with Crippen molar-refractivity contribution in [2.75, 3.05) is 0 Å². The average molecular weight is 239 g/mol. The van der Waals surface area contributed by atoms with E-state index >= 15 is 0 Å². The Kier molecular flexibility index (Phi) is 2.92. The van der Waals surface area contributed by atoms with Crippen LogP contribution in [0.1, 0.15) is 19.4 Å². The van der Waals surface area contributed by atoms with Crippen molar-refractivity contribution in [3.8, 4) is 0 Å². The van der Waals surface area contributed by atoms with Crippen LogP contribution in [0.3, 0.4) is 0 Å². The predicted octanol–water partition coefficient (Wildman–Crippen LogP) is 2.29. The van der Waals surface area contributed by atoms with Crippen molar-refractivity contribution in [1.29, 1.82) is 0 Å². The molecule has 1 aliphatic rings. The lowest BCUT2D eigenvalue weighted by Crippen LogP contribution is -2.20. The van der Waals surface area contributed by atoms with Crippen LogP contribution >= 0.6 is 0 Å². The van der Waals surface area contributed by atoms with Gasteiger partial charge in [0.05, 0.1) is 5.56 Å². The van der Waals surface area contributed by atoms with E-state index < -0.39 is 23.6 Å². The molecule has 0 spiro atoms. The topological polar surface area (TPSA) is 38.7 Å². The van der Waals surface area contributed by atoms with Crippen LogP contribution in [0.4, 0.5) is 8.78 Å². The number of hydrogen-bond donors (Lipinski definition) is 0. The molecule has 1 aromatic carbocycles. The molecule has 0 aromatic heterocycles. The molecule has 0 bridgehead atoms. The zero-order valence-corrected chi connectivity index (χ0v) is 9.41. The van der Waals surface area contributed by atoms with Crippen LogP contribution in [0.2, 0.25) is 0 Å². The molecule has 0 fully saturated rings. The van der Waals surface area contributed by atoms with Gasteiger partial charge in [0.15, 0.2) is 6.04 Å². The van der Waals surface area contributed by atoms with Gasteiger partial charge in [0.1, 0.15) is 11.6 Å². The number of benzene rings is 1. The SMILES string of the molecule is CC(C)C1N=C(c2ccc(F)cc2F)OC1=O. The maximum absolute atomic E-state index is 13.4. The van der Waals surface area contributed by atoms with Crippen molar-refractivity contribution in [3.63, 3.8) is 0 Å². The largest absolute Gasteiger partial charge is 0.405 e. The minimum atomic E-state index is -0.791. The van der Waals surface area contributed by atoms with Crippen LogP contribution in [0.15, 0.2) is 23.2 Å². The number of nitrogens with zero attached hydrogens (tertiary/aromatic N) is 1. The van der Waals surface area contributed by atoms with E-state index in [4.69, 9.17) is 4.74 Å². The third kappa shape index (κ3) is 2.18. The highest BCUT2D eigenvalue weighted by Crippen LogP contribution is 2.20. The summed E-state index contributed by atoms with van der Waals surface area (Å²) in [4.78, 5) is 15.5. The summed E-state index contributed by atoms with van der Waals surface area (Å²) in [7, 11) is 0. The Morgan fingerprint density at radius 1 is 1.35 bits per heavy atom. The first-order chi connectivity index (χ1) is 7.99. The van der Waals surface area contributed by atoms with E-state index in [2.05, 4.69) is 4.99 Å². The van der Waals surface area contributed by atoms with E-state index in [0.717, 1.165) is 12.1 Å². The van der Waals surface area contributed by atoms with Crippen molar-refractivity contribution >= 4 is 11.9 Å². The first-order valence-electron chi connectivity index (χ1n) is 5.24. The van der Waals surface area contributed by atoms with Gasteiger partial charge in [-0.1, -0.05) is 13.8 Å². The fraction of sp³-hybridized carbons (Fsp3) is 0.333. The van der Waals surface area contributed by atoms with Gasteiger partial charge in [0, 0.05) is 6.07 Å². The lowest BCUT2D eigenvalue weighted by atomic mass is 10.1. The van der Waals surface area contributed by atoms with Crippen molar-refractivity contribution in [1.82, 2.24) is 0 Å². The van der Waals surface area contributed by atoms with Crippen LogP contribution in [0, 0.1) is 17.6 Å². The molecule has 0 aliphatic carbocycles. The molecule has 2 rings (SSSR count). The molecule has 17 heavy (non-hydrogen) atoms. The molecule has 3 nitrogen and oxygen atoms in total. The van der Waals surface area contributed by atoms with Crippen LogP contribution in [0.25, 0.3) is 0 Å². The Balaban J connectivity index is 2.36. The minimum absolute atomic E-state index is 0.00269. The summed E-state index contributed by atoms with van der Waals surface area (Å²) in [5.74, 6) is -2.08. The molecule has 0 saturated heterocycles. The molecule has 1 aliphatic heterocycles. The molecule has 5 heteroatoms. The van der Waals surface area contributed by atoms with Gasteiger partial charge in [-0.25, -0.2) is 18.6 Å². The fourth-order valence-corrected chi connectivity index (χ4v) is 1.57. The Labute approximate surface area is 97.1 Å². The van der Waals surface area contributed by atoms with E-state index in [1.807, 2.05) is 13.8 Å². The molecule has 0 amide bonds. The van der Waals surface area contributed by atoms with E-state index in [-0.39, 0.29) is 17.4 Å². The second-order valence-electron chi connectivity index (χ2n) is 4.17. The molecule has 90 valence electrons. The van der Waals surface area contributed by atoms with Gasteiger partial charge in [-0.3, -0.25) is 0 Å². The molecule has 0 N–H and O–H groups in total. The Morgan fingerprint density at radius 2 is 2.06 bits per heavy atom. The normalized spacial score (nSPS) is 19.5. The number of carbonyl (C=O) groups is 1. The molecule has 1 heterocycles. The molecule has 1 aromatic rings. The number of aliphatic imine (C=N–C) groups is 1. The van der Waals surface area contributed by atoms with Crippen LogP contribution in [0.5, 0.6) is 0 Å². The highest BCUT2D eigenvalue weighted by molar-refractivity contribution is 6.06.